The third-order valence-corrected chi connectivity index (χ3v) is 3.66. The van der Waals surface area contributed by atoms with Crippen molar-refractivity contribution in [1.82, 2.24) is 9.88 Å². The fraction of sp³-hybridized carbons (Fsp3) is 0.600. The number of thiazole rings is 1. The number of nitrogens with zero attached hydrogens (tertiary/aromatic N) is 2. The van der Waals surface area contributed by atoms with E-state index in [4.69, 9.17) is 0 Å². The first kappa shape index (κ1) is 9.80. The number of carbonyl (C=O) groups excluding carboxylic acids is 1. The molecule has 4 heteroatoms. The Balaban J connectivity index is 1.99. The first-order valence-corrected chi connectivity index (χ1v) is 5.80. The molecule has 1 saturated heterocycles. The average molecular weight is 210 g/mol. The summed E-state index contributed by atoms with van der Waals surface area (Å²) in [4.78, 5) is 17.7. The molecule has 0 radical (unpaired) electrons. The predicted octanol–water partition coefficient (Wildman–Crippen LogP) is 1.87. The highest BCUT2D eigenvalue weighted by molar-refractivity contribution is 7.09. The van der Waals surface area contributed by atoms with E-state index in [1.165, 1.54) is 0 Å². The van der Waals surface area contributed by atoms with E-state index in [-0.39, 0.29) is 0 Å². The van der Waals surface area contributed by atoms with Crippen LogP contribution in [0.5, 0.6) is 0 Å². The maximum absolute atomic E-state index is 11.1. The number of aromatic nitrogens is 1. The van der Waals surface area contributed by atoms with Gasteiger partial charge in [0.1, 0.15) is 10.8 Å². The standard InChI is InChI=1S/C10H14N2OS/c1-8(10-11-4-7-14-10)12-5-2-9(13)3-6-12/h4,7-8H,2-3,5-6H2,1H3. The van der Waals surface area contributed by atoms with E-state index < -0.39 is 0 Å². The molecule has 1 unspecified atom stereocenters. The SMILES string of the molecule is CC(c1nccs1)N1CCC(=O)CC1. The fourth-order valence-corrected chi connectivity index (χ4v) is 2.49. The Bertz CT molecular complexity index is 300. The van der Waals surface area contributed by atoms with Crippen molar-refractivity contribution in [3.63, 3.8) is 0 Å². The van der Waals surface area contributed by atoms with Gasteiger partial charge in [0.15, 0.2) is 0 Å². The van der Waals surface area contributed by atoms with E-state index >= 15 is 0 Å². The van der Waals surface area contributed by atoms with Gasteiger partial charge in [0, 0.05) is 37.5 Å². The Kier molecular flexibility index (Phi) is 2.93. The zero-order valence-corrected chi connectivity index (χ0v) is 9.09. The van der Waals surface area contributed by atoms with E-state index in [0.29, 0.717) is 24.7 Å². The van der Waals surface area contributed by atoms with E-state index in [1.807, 2.05) is 11.6 Å². The lowest BCUT2D eigenvalue weighted by Gasteiger charge is -2.30. The number of Topliss-reactive ketones (excluding diaryl/α,β-unsaturated/α-hetero) is 1. The molecule has 2 rings (SSSR count). The molecule has 0 amide bonds. The molecular formula is C10H14N2OS. The summed E-state index contributed by atoms with van der Waals surface area (Å²) in [7, 11) is 0. The smallest absolute Gasteiger partial charge is 0.135 e. The number of carbonyl (C=O) groups is 1. The van der Waals surface area contributed by atoms with Gasteiger partial charge in [-0.15, -0.1) is 11.3 Å². The zero-order valence-electron chi connectivity index (χ0n) is 8.27. The van der Waals surface area contributed by atoms with Crippen LogP contribution >= 0.6 is 11.3 Å². The second-order valence-electron chi connectivity index (χ2n) is 3.62. The Morgan fingerprint density at radius 3 is 2.79 bits per heavy atom. The van der Waals surface area contributed by atoms with Crippen LogP contribution in [0, 0.1) is 0 Å². The van der Waals surface area contributed by atoms with Gasteiger partial charge in [0.05, 0.1) is 6.04 Å². The van der Waals surface area contributed by atoms with Crippen molar-refractivity contribution < 1.29 is 4.79 Å². The van der Waals surface area contributed by atoms with Crippen LogP contribution in [0.2, 0.25) is 0 Å². The summed E-state index contributed by atoms with van der Waals surface area (Å²) in [6.45, 7) is 3.94. The van der Waals surface area contributed by atoms with E-state index in [0.717, 1.165) is 18.1 Å². The van der Waals surface area contributed by atoms with Crippen LogP contribution in [0.25, 0.3) is 0 Å². The summed E-state index contributed by atoms with van der Waals surface area (Å²) in [5.41, 5.74) is 0. The minimum absolute atomic E-state index is 0.364. The lowest BCUT2D eigenvalue weighted by molar-refractivity contribution is -0.121. The molecule has 0 bridgehead atoms. The summed E-state index contributed by atoms with van der Waals surface area (Å²) in [5, 5.41) is 3.15. The Hall–Kier alpha value is -0.740. The van der Waals surface area contributed by atoms with Gasteiger partial charge in [0.25, 0.3) is 0 Å². The average Bonchev–Trinajstić information content (AvgIpc) is 2.71. The van der Waals surface area contributed by atoms with Crippen molar-refractivity contribution >= 4 is 17.1 Å². The van der Waals surface area contributed by atoms with E-state index in [9.17, 15) is 4.79 Å². The van der Waals surface area contributed by atoms with Gasteiger partial charge in [-0.3, -0.25) is 9.69 Å². The molecule has 76 valence electrons. The van der Waals surface area contributed by atoms with Crippen molar-refractivity contribution in [1.29, 1.82) is 0 Å². The number of rotatable bonds is 2. The highest BCUT2D eigenvalue weighted by Crippen LogP contribution is 2.24. The van der Waals surface area contributed by atoms with Gasteiger partial charge in [-0.1, -0.05) is 0 Å². The topological polar surface area (TPSA) is 33.2 Å². The fourth-order valence-electron chi connectivity index (χ4n) is 1.76. The van der Waals surface area contributed by atoms with E-state index in [1.54, 1.807) is 11.3 Å². The zero-order chi connectivity index (χ0) is 9.97. The third-order valence-electron chi connectivity index (χ3n) is 2.71. The lowest BCUT2D eigenvalue weighted by atomic mass is 10.1. The predicted molar refractivity (Wildman–Crippen MR) is 56.3 cm³/mol. The van der Waals surface area contributed by atoms with Crippen molar-refractivity contribution in [3.05, 3.63) is 16.6 Å². The van der Waals surface area contributed by atoms with Crippen LogP contribution in [-0.4, -0.2) is 28.8 Å². The monoisotopic (exact) mass is 210 g/mol. The molecule has 0 aromatic carbocycles. The van der Waals surface area contributed by atoms with Crippen LogP contribution in [0.1, 0.15) is 30.8 Å². The second-order valence-corrected chi connectivity index (χ2v) is 4.55. The first-order valence-electron chi connectivity index (χ1n) is 4.92. The highest BCUT2D eigenvalue weighted by Gasteiger charge is 2.22. The quantitative estimate of drug-likeness (QED) is 0.747. The van der Waals surface area contributed by atoms with Crippen LogP contribution in [0.4, 0.5) is 0 Å². The Morgan fingerprint density at radius 2 is 2.21 bits per heavy atom. The Morgan fingerprint density at radius 1 is 1.50 bits per heavy atom. The lowest BCUT2D eigenvalue weighted by Crippen LogP contribution is -2.35. The van der Waals surface area contributed by atoms with Crippen molar-refractivity contribution in [2.24, 2.45) is 0 Å². The van der Waals surface area contributed by atoms with Crippen molar-refractivity contribution in [3.8, 4) is 0 Å². The van der Waals surface area contributed by atoms with Crippen LogP contribution in [0.3, 0.4) is 0 Å². The van der Waals surface area contributed by atoms with Crippen molar-refractivity contribution in [2.45, 2.75) is 25.8 Å². The summed E-state index contributed by atoms with van der Waals surface area (Å²) in [5.74, 6) is 0.396. The molecule has 1 fully saturated rings. The molecule has 3 nitrogen and oxygen atoms in total. The van der Waals surface area contributed by atoms with E-state index in [2.05, 4.69) is 16.8 Å². The third kappa shape index (κ3) is 2.01. The van der Waals surface area contributed by atoms with Gasteiger partial charge in [-0.25, -0.2) is 4.98 Å². The van der Waals surface area contributed by atoms with Gasteiger partial charge in [0.2, 0.25) is 0 Å². The molecule has 14 heavy (non-hydrogen) atoms. The normalized spacial score (nSPS) is 21.1. The second kappa shape index (κ2) is 4.19. The maximum Gasteiger partial charge on any atom is 0.135 e. The summed E-state index contributed by atoms with van der Waals surface area (Å²) < 4.78 is 0. The molecule has 0 N–H and O–H groups in total. The number of likely N-dealkylation sites (tertiary alicyclic amines) is 1. The summed E-state index contributed by atoms with van der Waals surface area (Å²) >= 11 is 1.69. The minimum Gasteiger partial charge on any atom is -0.300 e. The van der Waals surface area contributed by atoms with Crippen LogP contribution < -0.4 is 0 Å². The molecular weight excluding hydrogens is 196 g/mol. The van der Waals surface area contributed by atoms with Gasteiger partial charge < -0.3 is 0 Å². The van der Waals surface area contributed by atoms with Gasteiger partial charge in [-0.2, -0.15) is 0 Å². The molecule has 0 spiro atoms. The molecule has 2 heterocycles. The molecule has 1 atom stereocenters. The largest absolute Gasteiger partial charge is 0.300 e. The molecule has 0 saturated carbocycles. The number of hydrogen-bond acceptors (Lipinski definition) is 4. The molecule has 1 aromatic heterocycles. The Labute approximate surface area is 87.8 Å². The number of piperidine rings is 1. The van der Waals surface area contributed by atoms with Crippen LogP contribution in [-0.2, 0) is 4.79 Å². The summed E-state index contributed by atoms with van der Waals surface area (Å²) in [6, 6.07) is 0.364. The molecule has 1 aromatic rings. The van der Waals surface area contributed by atoms with Crippen molar-refractivity contribution in [2.75, 3.05) is 13.1 Å². The highest BCUT2D eigenvalue weighted by atomic mass is 32.1. The number of hydrogen-bond donors (Lipinski definition) is 0. The summed E-state index contributed by atoms with van der Waals surface area (Å²) in [6.07, 6.45) is 3.25. The van der Waals surface area contributed by atoms with Crippen LogP contribution in [0.15, 0.2) is 11.6 Å². The molecule has 1 aliphatic heterocycles. The molecule has 1 aliphatic rings. The maximum atomic E-state index is 11.1. The minimum atomic E-state index is 0.364. The molecule has 0 aliphatic carbocycles. The number of ketones is 1. The van der Waals surface area contributed by atoms with Gasteiger partial charge in [-0.05, 0) is 6.92 Å². The first-order chi connectivity index (χ1) is 6.77. The van der Waals surface area contributed by atoms with Gasteiger partial charge >= 0.3 is 0 Å².